The largest absolute Gasteiger partial charge is 0.461 e. The van der Waals surface area contributed by atoms with Gasteiger partial charge in [0.05, 0.1) is 29.8 Å². The van der Waals surface area contributed by atoms with Gasteiger partial charge in [0.15, 0.2) is 11.6 Å². The third-order valence-electron chi connectivity index (χ3n) is 4.95. The highest BCUT2D eigenvalue weighted by Gasteiger charge is 2.23. The zero-order valence-corrected chi connectivity index (χ0v) is 16.2. The number of hydrogen-bond donors (Lipinski definition) is 1. The van der Waals surface area contributed by atoms with Gasteiger partial charge in [0.2, 0.25) is 0 Å². The number of fused-ring (bicyclic) bond motifs is 1. The Morgan fingerprint density at radius 3 is 2.86 bits per heavy atom. The van der Waals surface area contributed by atoms with Crippen LogP contribution in [0.2, 0.25) is 0 Å². The summed E-state index contributed by atoms with van der Waals surface area (Å²) in [5.41, 5.74) is 3.12. The number of halogens is 1. The topological polar surface area (TPSA) is 75.0 Å². The molecule has 0 atom stereocenters. The van der Waals surface area contributed by atoms with Gasteiger partial charge >= 0.3 is 0 Å². The summed E-state index contributed by atoms with van der Waals surface area (Å²) in [5.74, 6) is 0.768. The molecule has 5 rings (SSSR count). The van der Waals surface area contributed by atoms with Crippen LogP contribution in [-0.4, -0.2) is 26.4 Å². The first-order valence-corrected chi connectivity index (χ1v) is 10.1. The van der Waals surface area contributed by atoms with Gasteiger partial charge in [0.25, 0.3) is 5.56 Å². The molecule has 1 aliphatic heterocycles. The van der Waals surface area contributed by atoms with Crippen LogP contribution >= 0.6 is 11.3 Å². The van der Waals surface area contributed by atoms with Crippen LogP contribution in [0.4, 0.5) is 4.39 Å². The van der Waals surface area contributed by atoms with Gasteiger partial charge in [-0.15, -0.1) is 11.3 Å². The molecule has 1 N–H and O–H groups in total. The molecule has 8 heteroatoms. The number of furan rings is 1. The summed E-state index contributed by atoms with van der Waals surface area (Å²) in [5, 5.41) is 2.94. The molecule has 0 fully saturated rings. The zero-order chi connectivity index (χ0) is 19.8. The van der Waals surface area contributed by atoms with Gasteiger partial charge in [-0.1, -0.05) is 0 Å². The van der Waals surface area contributed by atoms with Crippen molar-refractivity contribution in [2.45, 2.75) is 19.5 Å². The number of aromatic nitrogens is 3. The lowest BCUT2D eigenvalue weighted by molar-refractivity contribution is 0.241. The summed E-state index contributed by atoms with van der Waals surface area (Å²) in [7, 11) is 0. The molecule has 0 radical (unpaired) electrons. The molecule has 0 spiro atoms. The van der Waals surface area contributed by atoms with E-state index in [1.54, 1.807) is 41.9 Å². The Hall–Kier alpha value is -3.10. The fraction of sp³-hybridized carbons (Fsp3) is 0.190. The molecular weight excluding hydrogens is 391 g/mol. The van der Waals surface area contributed by atoms with Crippen molar-refractivity contribution in [3.8, 4) is 22.8 Å². The van der Waals surface area contributed by atoms with Crippen molar-refractivity contribution in [2.75, 3.05) is 6.54 Å². The first-order chi connectivity index (χ1) is 14.2. The number of benzene rings is 1. The van der Waals surface area contributed by atoms with Crippen LogP contribution in [0.15, 0.2) is 57.3 Å². The quantitative estimate of drug-likeness (QED) is 0.555. The average molecular weight is 408 g/mol. The van der Waals surface area contributed by atoms with Gasteiger partial charge in [0.1, 0.15) is 10.8 Å². The van der Waals surface area contributed by atoms with Gasteiger partial charge in [-0.2, -0.15) is 0 Å². The molecule has 146 valence electrons. The van der Waals surface area contributed by atoms with E-state index in [4.69, 9.17) is 4.42 Å². The highest BCUT2D eigenvalue weighted by atomic mass is 32.1. The summed E-state index contributed by atoms with van der Waals surface area (Å²) >= 11 is 1.57. The molecule has 0 unspecified atom stereocenters. The first-order valence-electron chi connectivity index (χ1n) is 9.24. The monoisotopic (exact) mass is 408 g/mol. The summed E-state index contributed by atoms with van der Waals surface area (Å²) in [6.45, 7) is 1.98. The van der Waals surface area contributed by atoms with Crippen molar-refractivity contribution in [3.05, 3.63) is 80.5 Å². The van der Waals surface area contributed by atoms with Crippen molar-refractivity contribution in [1.82, 2.24) is 19.9 Å². The molecule has 29 heavy (non-hydrogen) atoms. The highest BCUT2D eigenvalue weighted by molar-refractivity contribution is 7.09. The molecule has 4 aromatic rings. The fourth-order valence-corrected chi connectivity index (χ4v) is 4.32. The molecule has 0 aliphatic carbocycles. The Labute approximate surface area is 169 Å². The van der Waals surface area contributed by atoms with Crippen LogP contribution in [-0.2, 0) is 19.5 Å². The van der Waals surface area contributed by atoms with Crippen LogP contribution < -0.4 is 5.56 Å². The van der Waals surface area contributed by atoms with E-state index in [0.717, 1.165) is 28.5 Å². The number of thiazole rings is 1. The number of rotatable bonds is 4. The van der Waals surface area contributed by atoms with Crippen LogP contribution in [0, 0.1) is 5.82 Å². The smallest absolute Gasteiger partial charge is 0.256 e. The molecule has 1 aliphatic rings. The summed E-state index contributed by atoms with van der Waals surface area (Å²) in [4.78, 5) is 26.9. The van der Waals surface area contributed by atoms with Gasteiger partial charge in [-0.05, 0) is 36.4 Å². The molecule has 1 aromatic carbocycles. The maximum absolute atomic E-state index is 13.1. The molecule has 3 aromatic heterocycles. The van der Waals surface area contributed by atoms with E-state index < -0.39 is 0 Å². The third-order valence-corrected chi connectivity index (χ3v) is 5.79. The molecule has 0 saturated heterocycles. The maximum atomic E-state index is 13.1. The van der Waals surface area contributed by atoms with Crippen molar-refractivity contribution in [1.29, 1.82) is 0 Å². The maximum Gasteiger partial charge on any atom is 0.256 e. The lowest BCUT2D eigenvalue weighted by Gasteiger charge is -2.26. The van der Waals surface area contributed by atoms with Crippen LogP contribution in [0.1, 0.15) is 16.3 Å². The molecule has 0 saturated carbocycles. The molecule has 0 amide bonds. The lowest BCUT2D eigenvalue weighted by Crippen LogP contribution is -2.35. The van der Waals surface area contributed by atoms with Crippen molar-refractivity contribution in [2.24, 2.45) is 0 Å². The van der Waals surface area contributed by atoms with E-state index in [1.165, 1.54) is 12.1 Å². The second kappa shape index (κ2) is 7.38. The van der Waals surface area contributed by atoms with Crippen molar-refractivity contribution in [3.63, 3.8) is 0 Å². The molecular formula is C21H17FN4O2S. The number of H-pyrrole nitrogens is 1. The second-order valence-corrected chi connectivity index (χ2v) is 7.85. The summed E-state index contributed by atoms with van der Waals surface area (Å²) in [6, 6.07) is 9.88. The van der Waals surface area contributed by atoms with E-state index in [1.807, 2.05) is 5.38 Å². The molecule has 0 bridgehead atoms. The first kappa shape index (κ1) is 18.0. The third kappa shape index (κ3) is 3.64. The molecule has 4 heterocycles. The van der Waals surface area contributed by atoms with Crippen LogP contribution in [0.3, 0.4) is 0 Å². The van der Waals surface area contributed by atoms with E-state index in [2.05, 4.69) is 19.9 Å². The van der Waals surface area contributed by atoms with E-state index in [0.29, 0.717) is 36.7 Å². The minimum atomic E-state index is -0.259. The van der Waals surface area contributed by atoms with Gasteiger partial charge in [0, 0.05) is 30.5 Å². The Morgan fingerprint density at radius 2 is 2.07 bits per heavy atom. The summed E-state index contributed by atoms with van der Waals surface area (Å²) < 4.78 is 18.5. The number of nitrogens with zero attached hydrogens (tertiary/aromatic N) is 3. The highest BCUT2D eigenvalue weighted by Crippen LogP contribution is 2.25. The predicted molar refractivity (Wildman–Crippen MR) is 108 cm³/mol. The Bertz CT molecular complexity index is 1200. The summed E-state index contributed by atoms with van der Waals surface area (Å²) in [6.07, 6.45) is 2.26. The van der Waals surface area contributed by atoms with Gasteiger partial charge < -0.3 is 9.40 Å². The minimum Gasteiger partial charge on any atom is -0.461 e. The normalized spacial score (nSPS) is 14.1. The van der Waals surface area contributed by atoms with E-state index in [-0.39, 0.29) is 11.4 Å². The Morgan fingerprint density at radius 1 is 1.21 bits per heavy atom. The minimum absolute atomic E-state index is 0.128. The van der Waals surface area contributed by atoms with E-state index in [9.17, 15) is 9.18 Å². The van der Waals surface area contributed by atoms with Crippen molar-refractivity contribution < 1.29 is 8.81 Å². The number of hydrogen-bond acceptors (Lipinski definition) is 6. The number of nitrogens with one attached hydrogen (secondary N) is 1. The van der Waals surface area contributed by atoms with Crippen LogP contribution in [0.25, 0.3) is 22.8 Å². The lowest BCUT2D eigenvalue weighted by atomic mass is 10.1. The molecule has 6 nitrogen and oxygen atoms in total. The SMILES string of the molecule is O=c1[nH]c(-c2ccco2)nc2c1CN(Cc1nc(-c3ccc(F)cc3)cs1)CC2. The van der Waals surface area contributed by atoms with Crippen LogP contribution in [0.5, 0.6) is 0 Å². The second-order valence-electron chi connectivity index (χ2n) is 6.91. The average Bonchev–Trinajstić information content (AvgIpc) is 3.41. The number of aromatic amines is 1. The standard InChI is InChI=1S/C21H17FN4O2S/c22-14-5-3-13(4-6-14)17-12-29-19(23-17)11-26-8-7-16-15(10-26)21(27)25-20(24-16)18-2-1-9-28-18/h1-6,9,12H,7-8,10-11H2,(H,24,25,27). The fourth-order valence-electron chi connectivity index (χ4n) is 3.47. The van der Waals surface area contributed by atoms with E-state index >= 15 is 0 Å². The Kier molecular flexibility index (Phi) is 4.57. The zero-order valence-electron chi connectivity index (χ0n) is 15.4. The predicted octanol–water partition coefficient (Wildman–Crippen LogP) is 3.85. The van der Waals surface area contributed by atoms with Crippen molar-refractivity contribution >= 4 is 11.3 Å². The van der Waals surface area contributed by atoms with Gasteiger partial charge in [-0.25, -0.2) is 14.4 Å². The Balaban J connectivity index is 1.33. The van der Waals surface area contributed by atoms with Gasteiger partial charge in [-0.3, -0.25) is 9.69 Å².